The molecule has 1 aromatic rings. The van der Waals surface area contributed by atoms with Gasteiger partial charge in [0.2, 0.25) is 12.2 Å². The number of anilines is 1. The topological polar surface area (TPSA) is 46.2 Å². The molecule has 1 N–H and O–H groups in total. The Labute approximate surface area is 94.5 Å². The highest BCUT2D eigenvalue weighted by Crippen LogP contribution is 2.16. The molecule has 0 spiro atoms. The van der Waals surface area contributed by atoms with Gasteiger partial charge in [0.15, 0.2) is 0 Å². The van der Waals surface area contributed by atoms with Gasteiger partial charge in [0.25, 0.3) is 0 Å². The summed E-state index contributed by atoms with van der Waals surface area (Å²) in [6.07, 6.45) is 7.62. The second kappa shape index (κ2) is 6.35. The molecule has 0 bridgehead atoms. The quantitative estimate of drug-likeness (QED) is 0.782. The fourth-order valence-corrected chi connectivity index (χ4v) is 1.21. The Kier molecular flexibility index (Phi) is 4.73. The minimum Gasteiger partial charge on any atom is -0.322 e. The van der Waals surface area contributed by atoms with E-state index in [9.17, 15) is 9.59 Å². The van der Waals surface area contributed by atoms with Crippen LogP contribution in [0.25, 0.3) is 6.08 Å². The average Bonchev–Trinajstić information content (AvgIpc) is 2.28. The molecule has 0 aromatic heterocycles. The number of hydrogen-bond acceptors (Lipinski definition) is 2. The van der Waals surface area contributed by atoms with Gasteiger partial charge >= 0.3 is 0 Å². The summed E-state index contributed by atoms with van der Waals surface area (Å²) >= 11 is 0. The Hall–Kier alpha value is -2.16. The van der Waals surface area contributed by atoms with Crippen LogP contribution < -0.4 is 5.32 Å². The van der Waals surface area contributed by atoms with Gasteiger partial charge in [-0.05, 0) is 36.8 Å². The number of benzene rings is 1. The van der Waals surface area contributed by atoms with Crippen LogP contribution in [0.5, 0.6) is 0 Å². The van der Waals surface area contributed by atoms with E-state index >= 15 is 0 Å². The highest BCUT2D eigenvalue weighted by Gasteiger charge is 2.00. The van der Waals surface area contributed by atoms with Crippen LogP contribution in [-0.4, -0.2) is 12.2 Å². The van der Waals surface area contributed by atoms with E-state index in [-0.39, 0.29) is 5.91 Å². The van der Waals surface area contributed by atoms with Crippen molar-refractivity contribution >= 4 is 24.0 Å². The van der Waals surface area contributed by atoms with Crippen LogP contribution in [0.3, 0.4) is 0 Å². The van der Waals surface area contributed by atoms with E-state index in [4.69, 9.17) is 0 Å². The Morgan fingerprint density at radius 3 is 2.81 bits per heavy atom. The third-order valence-corrected chi connectivity index (χ3v) is 1.87. The lowest BCUT2D eigenvalue weighted by Crippen LogP contribution is -2.08. The summed E-state index contributed by atoms with van der Waals surface area (Å²) < 4.78 is 0. The number of rotatable bonds is 4. The Balaban J connectivity index is 2.90. The number of nitrogens with one attached hydrogen (secondary N) is 1. The SMILES string of the molecule is C/C=C/C(=O)Nc1ccccc1/C=C/[C]=O. The third kappa shape index (κ3) is 3.53. The van der Waals surface area contributed by atoms with Crippen LogP contribution in [0.1, 0.15) is 12.5 Å². The predicted molar refractivity (Wildman–Crippen MR) is 64.6 cm³/mol. The highest BCUT2D eigenvalue weighted by atomic mass is 16.1. The fourth-order valence-electron chi connectivity index (χ4n) is 1.21. The van der Waals surface area contributed by atoms with Crippen molar-refractivity contribution in [1.29, 1.82) is 0 Å². The Bertz CT molecular complexity index is 433. The van der Waals surface area contributed by atoms with Gasteiger partial charge in [-0.3, -0.25) is 9.59 Å². The first-order valence-electron chi connectivity index (χ1n) is 4.85. The molecule has 0 fully saturated rings. The zero-order valence-electron chi connectivity index (χ0n) is 8.94. The molecule has 0 saturated carbocycles. The Morgan fingerprint density at radius 1 is 1.38 bits per heavy atom. The van der Waals surface area contributed by atoms with Gasteiger partial charge in [-0.25, -0.2) is 0 Å². The lowest BCUT2D eigenvalue weighted by molar-refractivity contribution is -0.111. The van der Waals surface area contributed by atoms with E-state index in [2.05, 4.69) is 5.32 Å². The van der Waals surface area contributed by atoms with Crippen LogP contribution in [0, 0.1) is 0 Å². The molecule has 0 aliphatic carbocycles. The minimum absolute atomic E-state index is 0.196. The van der Waals surface area contributed by atoms with Crippen LogP contribution >= 0.6 is 0 Å². The molecule has 0 heterocycles. The van der Waals surface area contributed by atoms with E-state index < -0.39 is 0 Å². The van der Waals surface area contributed by atoms with Gasteiger partial charge in [0, 0.05) is 5.69 Å². The average molecular weight is 214 g/mol. The van der Waals surface area contributed by atoms with Gasteiger partial charge in [-0.2, -0.15) is 0 Å². The van der Waals surface area contributed by atoms with Crippen molar-refractivity contribution in [3.8, 4) is 0 Å². The molecule has 0 atom stereocenters. The van der Waals surface area contributed by atoms with Gasteiger partial charge in [0.1, 0.15) is 0 Å². The van der Waals surface area contributed by atoms with Crippen molar-refractivity contribution in [2.45, 2.75) is 6.92 Å². The van der Waals surface area contributed by atoms with Crippen molar-refractivity contribution in [2.24, 2.45) is 0 Å². The molecule has 0 aliphatic heterocycles. The van der Waals surface area contributed by atoms with Crippen LogP contribution in [0.15, 0.2) is 42.5 Å². The molecule has 3 nitrogen and oxygen atoms in total. The van der Waals surface area contributed by atoms with Crippen molar-refractivity contribution in [3.05, 3.63) is 48.1 Å². The molecule has 1 aromatic carbocycles. The molecule has 1 amide bonds. The van der Waals surface area contributed by atoms with E-state index in [0.717, 1.165) is 5.56 Å². The largest absolute Gasteiger partial charge is 0.322 e. The second-order valence-corrected chi connectivity index (χ2v) is 3.03. The first-order valence-corrected chi connectivity index (χ1v) is 4.85. The second-order valence-electron chi connectivity index (χ2n) is 3.03. The summed E-state index contributed by atoms with van der Waals surface area (Å²) in [5.74, 6) is -0.196. The van der Waals surface area contributed by atoms with Crippen LogP contribution in [-0.2, 0) is 9.59 Å². The molecular formula is C13H12NO2. The molecule has 1 radical (unpaired) electrons. The van der Waals surface area contributed by atoms with E-state index in [0.29, 0.717) is 5.69 Å². The summed E-state index contributed by atoms with van der Waals surface area (Å²) in [6.45, 7) is 1.77. The van der Waals surface area contributed by atoms with Crippen molar-refractivity contribution < 1.29 is 9.59 Å². The summed E-state index contributed by atoms with van der Waals surface area (Å²) in [4.78, 5) is 21.4. The van der Waals surface area contributed by atoms with E-state index in [1.54, 1.807) is 37.5 Å². The molecule has 1 rings (SSSR count). The standard InChI is InChI=1S/C13H12NO2/c1-2-6-13(16)14-12-9-4-3-7-11(12)8-5-10-15/h2-9H,1H3,(H,14,16)/b6-2+,8-5+. The van der Waals surface area contributed by atoms with Gasteiger partial charge in [0.05, 0.1) is 0 Å². The van der Waals surface area contributed by atoms with Gasteiger partial charge in [-0.15, -0.1) is 0 Å². The maximum Gasteiger partial charge on any atom is 0.248 e. The monoisotopic (exact) mass is 214 g/mol. The molecular weight excluding hydrogens is 202 g/mol. The van der Waals surface area contributed by atoms with Crippen molar-refractivity contribution in [1.82, 2.24) is 0 Å². The van der Waals surface area contributed by atoms with Gasteiger partial charge < -0.3 is 5.32 Å². The summed E-state index contributed by atoms with van der Waals surface area (Å²) in [5, 5.41) is 2.71. The molecule has 81 valence electrons. The number of hydrogen-bond donors (Lipinski definition) is 1. The lowest BCUT2D eigenvalue weighted by atomic mass is 10.1. The third-order valence-electron chi connectivity index (χ3n) is 1.87. The zero-order valence-corrected chi connectivity index (χ0v) is 8.94. The number of amides is 1. The number of allylic oxidation sites excluding steroid dienone is 2. The highest BCUT2D eigenvalue weighted by molar-refractivity contribution is 6.00. The number of carbonyl (C=O) groups is 1. The van der Waals surface area contributed by atoms with Gasteiger partial charge in [-0.1, -0.05) is 24.3 Å². The number of para-hydroxylation sites is 1. The molecule has 0 saturated heterocycles. The normalized spacial score (nSPS) is 10.8. The molecule has 3 heteroatoms. The maximum atomic E-state index is 11.3. The molecule has 0 unspecified atom stereocenters. The molecule has 16 heavy (non-hydrogen) atoms. The van der Waals surface area contributed by atoms with E-state index in [1.807, 2.05) is 12.1 Å². The first kappa shape index (κ1) is 11.9. The zero-order chi connectivity index (χ0) is 11.8. The fraction of sp³-hybridized carbons (Fsp3) is 0.0769. The summed E-state index contributed by atoms with van der Waals surface area (Å²) in [7, 11) is 0. The maximum absolute atomic E-state index is 11.3. The minimum atomic E-state index is -0.196. The van der Waals surface area contributed by atoms with E-state index in [1.165, 1.54) is 12.2 Å². The van der Waals surface area contributed by atoms with Crippen LogP contribution in [0.4, 0.5) is 5.69 Å². The van der Waals surface area contributed by atoms with Crippen molar-refractivity contribution in [2.75, 3.05) is 5.32 Å². The smallest absolute Gasteiger partial charge is 0.248 e. The van der Waals surface area contributed by atoms with Crippen molar-refractivity contribution in [3.63, 3.8) is 0 Å². The predicted octanol–water partition coefficient (Wildman–Crippen LogP) is 2.32. The Morgan fingerprint density at radius 2 is 2.12 bits per heavy atom. The van der Waals surface area contributed by atoms with Crippen LogP contribution in [0.2, 0.25) is 0 Å². The summed E-state index contributed by atoms with van der Waals surface area (Å²) in [6, 6.07) is 7.22. The summed E-state index contributed by atoms with van der Waals surface area (Å²) in [5.41, 5.74) is 1.43. The molecule has 0 aliphatic rings. The number of carbonyl (C=O) groups excluding carboxylic acids is 2. The lowest BCUT2D eigenvalue weighted by Gasteiger charge is -2.05. The first-order chi connectivity index (χ1) is 7.77.